The molecule has 0 saturated carbocycles. The zero-order valence-electron chi connectivity index (χ0n) is 18.4. The van der Waals surface area contributed by atoms with E-state index >= 15 is 0 Å². The maximum absolute atomic E-state index is 13.3. The van der Waals surface area contributed by atoms with Gasteiger partial charge >= 0.3 is 0 Å². The molecule has 3 aliphatic heterocycles. The van der Waals surface area contributed by atoms with E-state index in [1.165, 1.54) is 18.4 Å². The number of fused-ring (bicyclic) bond motifs is 1. The monoisotopic (exact) mass is 418 g/mol. The predicted molar refractivity (Wildman–Crippen MR) is 124 cm³/mol. The van der Waals surface area contributed by atoms with E-state index in [2.05, 4.69) is 46.8 Å². The van der Waals surface area contributed by atoms with Gasteiger partial charge in [0.05, 0.1) is 31.2 Å². The van der Waals surface area contributed by atoms with E-state index in [9.17, 15) is 4.79 Å². The Kier molecular flexibility index (Phi) is 5.10. The number of nitrogens with zero attached hydrogens (tertiary/aromatic N) is 2. The Morgan fingerprint density at radius 3 is 2.35 bits per heavy atom. The van der Waals surface area contributed by atoms with Crippen LogP contribution in [0, 0.1) is 0 Å². The lowest BCUT2D eigenvalue weighted by Crippen LogP contribution is -2.30. The molecule has 6 heteroatoms. The summed E-state index contributed by atoms with van der Waals surface area (Å²) < 4.78 is 5.52. The van der Waals surface area contributed by atoms with Gasteiger partial charge < -0.3 is 20.3 Å². The Bertz CT molecular complexity index is 1020. The van der Waals surface area contributed by atoms with Crippen molar-refractivity contribution in [3.63, 3.8) is 0 Å². The summed E-state index contributed by atoms with van der Waals surface area (Å²) in [6.07, 6.45) is 2.40. The average molecular weight is 419 g/mol. The Morgan fingerprint density at radius 2 is 1.65 bits per heavy atom. The van der Waals surface area contributed by atoms with Crippen molar-refractivity contribution in [1.82, 2.24) is 4.90 Å². The fraction of sp³-hybridized carbons (Fsp3) is 0.400. The number of amides is 1. The summed E-state index contributed by atoms with van der Waals surface area (Å²) in [6, 6.07) is 14.8. The molecule has 3 aliphatic rings. The van der Waals surface area contributed by atoms with E-state index in [1.54, 1.807) is 7.11 Å². The van der Waals surface area contributed by atoms with Gasteiger partial charge in [-0.25, -0.2) is 0 Å². The first-order chi connectivity index (χ1) is 15.1. The molecular formula is C25H30N4O2. The van der Waals surface area contributed by atoms with Crippen molar-refractivity contribution in [2.45, 2.75) is 31.7 Å². The molecule has 0 aromatic heterocycles. The number of carbonyl (C=O) groups excluding carboxylic acids is 1. The molecule has 3 heterocycles. The first-order valence-electron chi connectivity index (χ1n) is 11.1. The van der Waals surface area contributed by atoms with Crippen LogP contribution in [0.15, 0.2) is 53.8 Å². The number of rotatable bonds is 4. The van der Waals surface area contributed by atoms with Gasteiger partial charge in [0, 0.05) is 11.3 Å². The highest BCUT2D eigenvalue weighted by molar-refractivity contribution is 6.09. The number of hydrogen-bond acceptors (Lipinski definition) is 5. The van der Waals surface area contributed by atoms with Crippen LogP contribution >= 0.6 is 0 Å². The topological polar surface area (TPSA) is 56.8 Å². The van der Waals surface area contributed by atoms with Crippen LogP contribution in [0.3, 0.4) is 0 Å². The largest absolute Gasteiger partial charge is 0.491 e. The Labute approximate surface area is 183 Å². The number of hydrogen-bond donors (Lipinski definition) is 2. The minimum absolute atomic E-state index is 0.0877. The number of methoxy groups -OCH3 is 1. The van der Waals surface area contributed by atoms with Crippen LogP contribution < -0.4 is 15.5 Å². The zero-order chi connectivity index (χ0) is 21.5. The molecule has 1 saturated heterocycles. The molecule has 2 aromatic carbocycles. The van der Waals surface area contributed by atoms with Gasteiger partial charge in [-0.3, -0.25) is 9.69 Å². The van der Waals surface area contributed by atoms with Crippen LogP contribution in [0.25, 0.3) is 0 Å². The zero-order valence-corrected chi connectivity index (χ0v) is 18.4. The van der Waals surface area contributed by atoms with Crippen LogP contribution in [0.2, 0.25) is 0 Å². The van der Waals surface area contributed by atoms with Gasteiger partial charge in [-0.1, -0.05) is 24.3 Å². The van der Waals surface area contributed by atoms with Gasteiger partial charge in [-0.2, -0.15) is 0 Å². The number of benzene rings is 2. The van der Waals surface area contributed by atoms with Gasteiger partial charge in [-0.05, 0) is 75.1 Å². The molecule has 0 spiro atoms. The molecule has 2 aromatic rings. The standard InChI is InChI=1S/C25H30N4O2/c1-16-23(19-6-4-17(5-7-19)18-10-12-28(2)13-11-18)29(25(30)24(16)31-3)20-8-9-21-22(14-20)27-15-26-21/h4-9,14,18,23,26-27H,10-13,15H2,1-3H3. The lowest BCUT2D eigenvalue weighted by molar-refractivity contribution is -0.117. The Hall–Kier alpha value is -2.99. The molecule has 6 nitrogen and oxygen atoms in total. The first-order valence-corrected chi connectivity index (χ1v) is 11.1. The molecule has 0 aliphatic carbocycles. The summed E-state index contributed by atoms with van der Waals surface area (Å²) >= 11 is 0. The Morgan fingerprint density at radius 1 is 0.968 bits per heavy atom. The van der Waals surface area contributed by atoms with Crippen molar-refractivity contribution in [1.29, 1.82) is 0 Å². The van der Waals surface area contributed by atoms with Crippen LogP contribution in [0.5, 0.6) is 0 Å². The number of nitrogens with one attached hydrogen (secondary N) is 2. The summed E-state index contributed by atoms with van der Waals surface area (Å²) in [5, 5.41) is 6.61. The molecule has 1 amide bonds. The number of carbonyl (C=O) groups is 1. The molecular weight excluding hydrogens is 388 g/mol. The lowest BCUT2D eigenvalue weighted by Gasteiger charge is -2.30. The van der Waals surface area contributed by atoms with Crippen molar-refractivity contribution < 1.29 is 9.53 Å². The third kappa shape index (κ3) is 3.45. The van der Waals surface area contributed by atoms with Crippen molar-refractivity contribution in [2.75, 3.05) is 49.4 Å². The van der Waals surface area contributed by atoms with E-state index in [1.807, 2.05) is 30.0 Å². The molecule has 162 valence electrons. The number of anilines is 3. The highest BCUT2D eigenvalue weighted by atomic mass is 16.5. The third-order valence-electron chi connectivity index (χ3n) is 6.92. The summed E-state index contributed by atoms with van der Waals surface area (Å²) in [4.78, 5) is 17.5. The molecule has 0 bridgehead atoms. The average Bonchev–Trinajstić information content (AvgIpc) is 3.35. The summed E-state index contributed by atoms with van der Waals surface area (Å²) in [5.41, 5.74) is 6.41. The van der Waals surface area contributed by atoms with E-state index < -0.39 is 0 Å². The summed E-state index contributed by atoms with van der Waals surface area (Å²) in [5.74, 6) is 0.972. The first kappa shape index (κ1) is 19.9. The van der Waals surface area contributed by atoms with Crippen LogP contribution in [-0.4, -0.2) is 44.7 Å². The molecule has 1 unspecified atom stereocenters. The molecule has 1 fully saturated rings. The van der Waals surface area contributed by atoms with E-state index in [-0.39, 0.29) is 11.9 Å². The molecule has 2 N–H and O–H groups in total. The number of ether oxygens (including phenoxy) is 1. The highest BCUT2D eigenvalue weighted by Gasteiger charge is 2.40. The second-order valence-electron chi connectivity index (χ2n) is 8.80. The number of likely N-dealkylation sites (tertiary alicyclic amines) is 1. The van der Waals surface area contributed by atoms with Gasteiger partial charge in [-0.15, -0.1) is 0 Å². The fourth-order valence-electron chi connectivity index (χ4n) is 5.14. The van der Waals surface area contributed by atoms with Gasteiger partial charge in [0.25, 0.3) is 5.91 Å². The van der Waals surface area contributed by atoms with Crippen molar-refractivity contribution in [2.24, 2.45) is 0 Å². The van der Waals surface area contributed by atoms with Crippen LogP contribution in [0.1, 0.15) is 42.9 Å². The van der Waals surface area contributed by atoms with Crippen molar-refractivity contribution >= 4 is 23.0 Å². The van der Waals surface area contributed by atoms with Crippen LogP contribution in [0.4, 0.5) is 17.1 Å². The molecule has 0 radical (unpaired) electrons. The SMILES string of the molecule is COC1=C(C)C(c2ccc(C3CCN(C)CC3)cc2)N(c2ccc3c(c2)NCN3)C1=O. The third-order valence-corrected chi connectivity index (χ3v) is 6.92. The van der Waals surface area contributed by atoms with Crippen LogP contribution in [-0.2, 0) is 9.53 Å². The smallest absolute Gasteiger partial charge is 0.294 e. The van der Waals surface area contributed by atoms with Gasteiger partial charge in [0.15, 0.2) is 5.76 Å². The maximum Gasteiger partial charge on any atom is 0.294 e. The normalized spacial score (nSPS) is 21.8. The molecule has 1 atom stereocenters. The molecule has 5 rings (SSSR count). The maximum atomic E-state index is 13.3. The van der Waals surface area contributed by atoms with E-state index in [4.69, 9.17) is 4.74 Å². The number of piperidine rings is 1. The lowest BCUT2D eigenvalue weighted by atomic mass is 9.88. The minimum atomic E-state index is -0.165. The fourth-order valence-corrected chi connectivity index (χ4v) is 5.14. The van der Waals surface area contributed by atoms with Crippen molar-refractivity contribution in [3.8, 4) is 0 Å². The van der Waals surface area contributed by atoms with Crippen molar-refractivity contribution in [3.05, 3.63) is 64.9 Å². The van der Waals surface area contributed by atoms with E-state index in [0.717, 1.165) is 41.3 Å². The summed E-state index contributed by atoms with van der Waals surface area (Å²) in [7, 11) is 3.77. The van der Waals surface area contributed by atoms with Gasteiger partial charge in [0.2, 0.25) is 0 Å². The van der Waals surface area contributed by atoms with Gasteiger partial charge in [0.1, 0.15) is 0 Å². The highest BCUT2D eigenvalue weighted by Crippen LogP contribution is 2.43. The van der Waals surface area contributed by atoms with E-state index in [0.29, 0.717) is 18.3 Å². The predicted octanol–water partition coefficient (Wildman–Crippen LogP) is 4.30. The second kappa shape index (κ2) is 7.93. The Balaban J connectivity index is 1.47. The minimum Gasteiger partial charge on any atom is -0.491 e. The second-order valence-corrected chi connectivity index (χ2v) is 8.80. The molecule has 31 heavy (non-hydrogen) atoms. The summed E-state index contributed by atoms with van der Waals surface area (Å²) in [6.45, 7) is 5.00. The quantitative estimate of drug-likeness (QED) is 0.775.